The van der Waals surface area contributed by atoms with Crippen molar-refractivity contribution in [1.29, 1.82) is 0 Å². The van der Waals surface area contributed by atoms with E-state index in [1.807, 2.05) is 25.1 Å². The van der Waals surface area contributed by atoms with Crippen molar-refractivity contribution in [1.82, 2.24) is 4.98 Å². The molecule has 0 N–H and O–H groups in total. The average molecular weight is 193 g/mol. The van der Waals surface area contributed by atoms with Crippen LogP contribution < -0.4 is 4.74 Å². The summed E-state index contributed by atoms with van der Waals surface area (Å²) in [5.41, 5.74) is 1.22. The number of hydrogen-bond acceptors (Lipinski definition) is 2. The molecular formula is C12H19NO. The number of ether oxygens (including phenoxy) is 1. The van der Waals surface area contributed by atoms with Gasteiger partial charge < -0.3 is 4.74 Å². The number of pyridine rings is 1. The normalized spacial score (nSPS) is 11.4. The highest BCUT2D eigenvalue weighted by molar-refractivity contribution is 5.14. The van der Waals surface area contributed by atoms with E-state index in [-0.39, 0.29) is 5.41 Å². The van der Waals surface area contributed by atoms with Gasteiger partial charge in [0.15, 0.2) is 0 Å². The van der Waals surface area contributed by atoms with Crippen molar-refractivity contribution in [2.75, 3.05) is 6.61 Å². The van der Waals surface area contributed by atoms with Crippen LogP contribution in [0.25, 0.3) is 0 Å². The molecule has 0 aromatic carbocycles. The number of aryl methyl sites for hydroxylation is 1. The van der Waals surface area contributed by atoms with Gasteiger partial charge in [0.1, 0.15) is 0 Å². The van der Waals surface area contributed by atoms with E-state index < -0.39 is 0 Å². The Kier molecular flexibility index (Phi) is 3.50. The highest BCUT2D eigenvalue weighted by Crippen LogP contribution is 2.20. The second-order valence-electron chi connectivity index (χ2n) is 4.42. The summed E-state index contributed by atoms with van der Waals surface area (Å²) in [6.07, 6.45) is 1.11. The zero-order chi connectivity index (χ0) is 10.6. The van der Waals surface area contributed by atoms with Gasteiger partial charge in [-0.15, -0.1) is 0 Å². The maximum atomic E-state index is 5.63. The van der Waals surface area contributed by atoms with Gasteiger partial charge in [-0.25, -0.2) is 4.98 Å². The second-order valence-corrected chi connectivity index (χ2v) is 4.42. The van der Waals surface area contributed by atoms with E-state index in [0.717, 1.165) is 24.6 Å². The van der Waals surface area contributed by atoms with Crippen molar-refractivity contribution in [3.63, 3.8) is 0 Å². The topological polar surface area (TPSA) is 22.1 Å². The quantitative estimate of drug-likeness (QED) is 0.732. The number of rotatable bonds is 4. The molecule has 0 aliphatic rings. The van der Waals surface area contributed by atoms with Crippen LogP contribution in [0.15, 0.2) is 18.2 Å². The SMILES string of the molecule is CCC(C)(C)COc1cccc(C)n1. The zero-order valence-corrected chi connectivity index (χ0v) is 9.50. The zero-order valence-electron chi connectivity index (χ0n) is 9.50. The first kappa shape index (κ1) is 11.0. The van der Waals surface area contributed by atoms with Gasteiger partial charge in [0.25, 0.3) is 0 Å². The predicted molar refractivity (Wildman–Crippen MR) is 58.5 cm³/mol. The number of nitrogens with zero attached hydrogens (tertiary/aromatic N) is 1. The van der Waals surface area contributed by atoms with Crippen LogP contribution in [0.3, 0.4) is 0 Å². The van der Waals surface area contributed by atoms with Crippen LogP contribution in [-0.2, 0) is 0 Å². The van der Waals surface area contributed by atoms with Crippen molar-refractivity contribution >= 4 is 0 Å². The lowest BCUT2D eigenvalue weighted by molar-refractivity contribution is 0.170. The van der Waals surface area contributed by atoms with Gasteiger partial charge in [-0.2, -0.15) is 0 Å². The molecule has 0 atom stereocenters. The average Bonchev–Trinajstić information content (AvgIpc) is 2.15. The van der Waals surface area contributed by atoms with Gasteiger partial charge in [0.05, 0.1) is 6.61 Å². The van der Waals surface area contributed by atoms with Crippen molar-refractivity contribution in [2.45, 2.75) is 34.1 Å². The van der Waals surface area contributed by atoms with Gasteiger partial charge in [-0.3, -0.25) is 0 Å². The molecule has 0 unspecified atom stereocenters. The molecule has 0 saturated carbocycles. The third-order valence-electron chi connectivity index (χ3n) is 2.43. The fraction of sp³-hybridized carbons (Fsp3) is 0.583. The Balaban J connectivity index is 2.54. The first-order chi connectivity index (χ1) is 6.53. The first-order valence-corrected chi connectivity index (χ1v) is 5.10. The Morgan fingerprint density at radius 2 is 2.07 bits per heavy atom. The molecule has 78 valence electrons. The minimum atomic E-state index is 0.228. The Bertz CT molecular complexity index is 294. The molecule has 2 nitrogen and oxygen atoms in total. The molecule has 1 heterocycles. The second kappa shape index (κ2) is 4.45. The van der Waals surface area contributed by atoms with Gasteiger partial charge in [0, 0.05) is 11.8 Å². The minimum absolute atomic E-state index is 0.228. The van der Waals surface area contributed by atoms with Gasteiger partial charge in [-0.05, 0) is 24.8 Å². The van der Waals surface area contributed by atoms with Crippen LogP contribution in [0.1, 0.15) is 32.9 Å². The van der Waals surface area contributed by atoms with Crippen LogP contribution in [0, 0.1) is 12.3 Å². The summed E-state index contributed by atoms with van der Waals surface area (Å²) in [6, 6.07) is 5.84. The van der Waals surface area contributed by atoms with Gasteiger partial charge in [-0.1, -0.05) is 26.8 Å². The molecule has 2 heteroatoms. The van der Waals surface area contributed by atoms with Crippen molar-refractivity contribution in [2.24, 2.45) is 5.41 Å². The lowest BCUT2D eigenvalue weighted by atomic mass is 9.92. The van der Waals surface area contributed by atoms with Crippen molar-refractivity contribution in [3.8, 4) is 5.88 Å². The summed E-state index contributed by atoms with van der Waals surface area (Å²) in [7, 11) is 0. The molecule has 1 aromatic heterocycles. The van der Waals surface area contributed by atoms with E-state index in [0.29, 0.717) is 0 Å². The molecule has 0 radical (unpaired) electrons. The Morgan fingerprint density at radius 1 is 1.36 bits per heavy atom. The molecule has 1 rings (SSSR count). The Hall–Kier alpha value is -1.05. The highest BCUT2D eigenvalue weighted by atomic mass is 16.5. The minimum Gasteiger partial charge on any atom is -0.477 e. The summed E-state index contributed by atoms with van der Waals surface area (Å²) in [4.78, 5) is 4.29. The van der Waals surface area contributed by atoms with Crippen LogP contribution in [0.2, 0.25) is 0 Å². The highest BCUT2D eigenvalue weighted by Gasteiger charge is 2.16. The fourth-order valence-corrected chi connectivity index (χ4v) is 0.970. The third kappa shape index (κ3) is 3.36. The summed E-state index contributed by atoms with van der Waals surface area (Å²) in [5, 5.41) is 0. The van der Waals surface area contributed by atoms with E-state index in [4.69, 9.17) is 4.74 Å². The standard InChI is InChI=1S/C12H19NO/c1-5-12(3,4)9-14-11-8-6-7-10(2)13-11/h6-8H,5,9H2,1-4H3. The van der Waals surface area contributed by atoms with Gasteiger partial charge in [0.2, 0.25) is 5.88 Å². The maximum absolute atomic E-state index is 5.63. The van der Waals surface area contributed by atoms with E-state index in [2.05, 4.69) is 25.8 Å². The molecule has 0 spiro atoms. The van der Waals surface area contributed by atoms with E-state index in [1.165, 1.54) is 0 Å². The van der Waals surface area contributed by atoms with E-state index >= 15 is 0 Å². The molecular weight excluding hydrogens is 174 g/mol. The molecule has 14 heavy (non-hydrogen) atoms. The number of aromatic nitrogens is 1. The number of hydrogen-bond donors (Lipinski definition) is 0. The lowest BCUT2D eigenvalue weighted by Gasteiger charge is -2.22. The maximum Gasteiger partial charge on any atom is 0.213 e. The van der Waals surface area contributed by atoms with E-state index in [9.17, 15) is 0 Å². The van der Waals surface area contributed by atoms with E-state index in [1.54, 1.807) is 0 Å². The van der Waals surface area contributed by atoms with Crippen LogP contribution in [-0.4, -0.2) is 11.6 Å². The first-order valence-electron chi connectivity index (χ1n) is 5.10. The Labute approximate surface area is 86.3 Å². The summed E-state index contributed by atoms with van der Waals surface area (Å²) in [5.74, 6) is 0.728. The largest absolute Gasteiger partial charge is 0.477 e. The third-order valence-corrected chi connectivity index (χ3v) is 2.43. The van der Waals surface area contributed by atoms with Gasteiger partial charge >= 0.3 is 0 Å². The molecule has 1 aromatic rings. The van der Waals surface area contributed by atoms with Crippen molar-refractivity contribution < 1.29 is 4.74 Å². The Morgan fingerprint density at radius 3 is 2.64 bits per heavy atom. The molecule has 0 fully saturated rings. The molecule has 0 saturated heterocycles. The lowest BCUT2D eigenvalue weighted by Crippen LogP contribution is -2.20. The molecule has 0 amide bonds. The molecule has 0 aliphatic heterocycles. The summed E-state index contributed by atoms with van der Waals surface area (Å²) in [6.45, 7) is 9.26. The predicted octanol–water partition coefficient (Wildman–Crippen LogP) is 3.21. The van der Waals surface area contributed by atoms with Crippen LogP contribution in [0.5, 0.6) is 5.88 Å². The molecule has 0 aliphatic carbocycles. The summed E-state index contributed by atoms with van der Waals surface area (Å²) >= 11 is 0. The van der Waals surface area contributed by atoms with Crippen LogP contribution in [0.4, 0.5) is 0 Å². The van der Waals surface area contributed by atoms with Crippen molar-refractivity contribution in [3.05, 3.63) is 23.9 Å². The smallest absolute Gasteiger partial charge is 0.213 e. The summed E-state index contributed by atoms with van der Waals surface area (Å²) < 4.78 is 5.63. The fourth-order valence-electron chi connectivity index (χ4n) is 0.970. The monoisotopic (exact) mass is 193 g/mol. The van der Waals surface area contributed by atoms with Crippen LogP contribution >= 0.6 is 0 Å². The molecule has 0 bridgehead atoms.